The normalized spacial score (nSPS) is 10.5. The molecular weight excluding hydrogens is 238 g/mol. The van der Waals surface area contributed by atoms with E-state index in [1.54, 1.807) is 0 Å². The second kappa shape index (κ2) is 6.20. The molecule has 1 nitrogen and oxygen atoms in total. The van der Waals surface area contributed by atoms with Crippen molar-refractivity contribution in [3.05, 3.63) is 34.9 Å². The molecule has 0 aliphatic rings. The second-order valence-electron chi connectivity index (χ2n) is 3.72. The highest BCUT2D eigenvalue weighted by atomic mass is 79.9. The Kier molecular flexibility index (Phi) is 5.20. The van der Waals surface area contributed by atoms with Gasteiger partial charge in [-0.05, 0) is 32.4 Å². The molecule has 0 spiro atoms. The van der Waals surface area contributed by atoms with Crippen molar-refractivity contribution in [3.8, 4) is 0 Å². The van der Waals surface area contributed by atoms with Crippen molar-refractivity contribution < 1.29 is 0 Å². The van der Waals surface area contributed by atoms with Gasteiger partial charge < -0.3 is 5.32 Å². The first kappa shape index (κ1) is 11.7. The molecule has 0 aliphatic heterocycles. The Hall–Kier alpha value is -0.340. The lowest BCUT2D eigenvalue weighted by molar-refractivity contribution is 0.679. The zero-order chi connectivity index (χ0) is 10.4. The van der Waals surface area contributed by atoms with E-state index in [4.69, 9.17) is 0 Å². The van der Waals surface area contributed by atoms with Crippen molar-refractivity contribution in [3.63, 3.8) is 0 Å². The molecule has 0 aromatic heterocycles. The maximum atomic E-state index is 3.43. The summed E-state index contributed by atoms with van der Waals surface area (Å²) in [4.78, 5) is 0. The number of rotatable bonds is 5. The van der Waals surface area contributed by atoms with Gasteiger partial charge in [-0.15, -0.1) is 0 Å². The van der Waals surface area contributed by atoms with Crippen molar-refractivity contribution in [2.45, 2.75) is 26.8 Å². The van der Waals surface area contributed by atoms with Gasteiger partial charge in [-0.2, -0.15) is 0 Å². The maximum Gasteiger partial charge on any atom is 0.0205 e. The van der Waals surface area contributed by atoms with Crippen molar-refractivity contribution in [1.29, 1.82) is 0 Å². The molecule has 0 saturated carbocycles. The largest absolute Gasteiger partial charge is 0.313 e. The number of hydrogen-bond donors (Lipinski definition) is 1. The van der Waals surface area contributed by atoms with Crippen LogP contribution >= 0.6 is 15.9 Å². The Morgan fingerprint density at radius 1 is 1.14 bits per heavy atom. The lowest BCUT2D eigenvalue weighted by atomic mass is 10.1. The number of halogens is 1. The van der Waals surface area contributed by atoms with Gasteiger partial charge in [-0.3, -0.25) is 0 Å². The summed E-state index contributed by atoms with van der Waals surface area (Å²) >= 11 is 3.42. The Balaban J connectivity index is 2.42. The number of nitrogens with one attached hydrogen (secondary N) is 1. The first-order valence-electron chi connectivity index (χ1n) is 5.06. The van der Waals surface area contributed by atoms with Crippen LogP contribution in [0.2, 0.25) is 0 Å². The molecule has 2 heteroatoms. The second-order valence-corrected chi connectivity index (χ2v) is 4.51. The van der Waals surface area contributed by atoms with Crippen LogP contribution in [0, 0.1) is 13.8 Å². The van der Waals surface area contributed by atoms with E-state index in [9.17, 15) is 0 Å². The summed E-state index contributed by atoms with van der Waals surface area (Å²) < 4.78 is 0. The third kappa shape index (κ3) is 4.25. The van der Waals surface area contributed by atoms with E-state index in [1.807, 2.05) is 0 Å². The van der Waals surface area contributed by atoms with Crippen LogP contribution in [0.25, 0.3) is 0 Å². The van der Waals surface area contributed by atoms with Crippen molar-refractivity contribution in [2.75, 3.05) is 11.9 Å². The average molecular weight is 256 g/mol. The van der Waals surface area contributed by atoms with E-state index < -0.39 is 0 Å². The van der Waals surface area contributed by atoms with Crippen molar-refractivity contribution >= 4 is 15.9 Å². The van der Waals surface area contributed by atoms with E-state index in [0.717, 1.165) is 18.4 Å². The summed E-state index contributed by atoms with van der Waals surface area (Å²) in [5, 5.41) is 4.50. The van der Waals surface area contributed by atoms with Crippen molar-refractivity contribution in [1.82, 2.24) is 5.32 Å². The molecule has 0 aliphatic carbocycles. The molecule has 0 unspecified atom stereocenters. The minimum absolute atomic E-state index is 0.982. The zero-order valence-electron chi connectivity index (χ0n) is 8.94. The third-order valence-electron chi connectivity index (χ3n) is 2.10. The maximum absolute atomic E-state index is 3.43. The van der Waals surface area contributed by atoms with Gasteiger partial charge in [-0.25, -0.2) is 0 Å². The minimum atomic E-state index is 0.982. The summed E-state index contributed by atoms with van der Waals surface area (Å²) in [6, 6.07) is 6.70. The van der Waals surface area contributed by atoms with E-state index in [1.165, 1.54) is 23.1 Å². The lowest BCUT2D eigenvalue weighted by Gasteiger charge is -2.06. The molecule has 0 heterocycles. The first-order chi connectivity index (χ1) is 6.72. The molecule has 0 fully saturated rings. The SMILES string of the molecule is Cc1cc(C)cc(CNCCCBr)c1. The summed E-state index contributed by atoms with van der Waals surface area (Å²) in [7, 11) is 0. The highest BCUT2D eigenvalue weighted by molar-refractivity contribution is 9.09. The Morgan fingerprint density at radius 3 is 2.36 bits per heavy atom. The number of alkyl halides is 1. The Labute approximate surface area is 95.0 Å². The van der Waals surface area contributed by atoms with Gasteiger partial charge in [-0.1, -0.05) is 45.3 Å². The van der Waals surface area contributed by atoms with Crippen LogP contribution in [0.1, 0.15) is 23.1 Å². The number of hydrogen-bond acceptors (Lipinski definition) is 1. The minimum Gasteiger partial charge on any atom is -0.313 e. The fourth-order valence-corrected chi connectivity index (χ4v) is 1.88. The van der Waals surface area contributed by atoms with Gasteiger partial charge in [0.15, 0.2) is 0 Å². The van der Waals surface area contributed by atoms with Gasteiger partial charge >= 0.3 is 0 Å². The van der Waals surface area contributed by atoms with Gasteiger partial charge in [0.2, 0.25) is 0 Å². The predicted molar refractivity (Wildman–Crippen MR) is 66.0 cm³/mol. The molecule has 0 amide bonds. The molecule has 14 heavy (non-hydrogen) atoms. The van der Waals surface area contributed by atoms with E-state index in [-0.39, 0.29) is 0 Å². The smallest absolute Gasteiger partial charge is 0.0205 e. The van der Waals surface area contributed by atoms with E-state index >= 15 is 0 Å². The molecule has 0 bridgehead atoms. The first-order valence-corrected chi connectivity index (χ1v) is 6.18. The molecular formula is C12H18BrN. The van der Waals surface area contributed by atoms with Gasteiger partial charge in [0.25, 0.3) is 0 Å². The highest BCUT2D eigenvalue weighted by Crippen LogP contribution is 2.08. The standard InChI is InChI=1S/C12H18BrN/c1-10-6-11(2)8-12(7-10)9-14-5-3-4-13/h6-8,14H,3-5,9H2,1-2H3. The monoisotopic (exact) mass is 255 g/mol. The van der Waals surface area contributed by atoms with Gasteiger partial charge in [0.05, 0.1) is 0 Å². The van der Waals surface area contributed by atoms with Crippen LogP contribution in [0.3, 0.4) is 0 Å². The van der Waals surface area contributed by atoms with Crippen LogP contribution < -0.4 is 5.32 Å². The molecule has 1 rings (SSSR count). The molecule has 0 saturated heterocycles. The van der Waals surface area contributed by atoms with Gasteiger partial charge in [0.1, 0.15) is 0 Å². The van der Waals surface area contributed by atoms with Crippen LogP contribution in [0.15, 0.2) is 18.2 Å². The molecule has 1 N–H and O–H groups in total. The zero-order valence-corrected chi connectivity index (χ0v) is 10.5. The van der Waals surface area contributed by atoms with Crippen LogP contribution in [-0.4, -0.2) is 11.9 Å². The highest BCUT2D eigenvalue weighted by Gasteiger charge is 1.95. The molecule has 78 valence electrons. The van der Waals surface area contributed by atoms with E-state index in [2.05, 4.69) is 53.3 Å². The third-order valence-corrected chi connectivity index (χ3v) is 2.66. The Bertz CT molecular complexity index is 263. The predicted octanol–water partition coefficient (Wildman–Crippen LogP) is 3.18. The molecule has 1 aromatic carbocycles. The van der Waals surface area contributed by atoms with Gasteiger partial charge in [0, 0.05) is 11.9 Å². The Morgan fingerprint density at radius 2 is 1.79 bits per heavy atom. The van der Waals surface area contributed by atoms with Crippen molar-refractivity contribution in [2.24, 2.45) is 0 Å². The molecule has 0 atom stereocenters. The molecule has 1 aromatic rings. The quantitative estimate of drug-likeness (QED) is 0.630. The summed E-state index contributed by atoms with van der Waals surface area (Å²) in [6.45, 7) is 6.36. The summed E-state index contributed by atoms with van der Waals surface area (Å²) in [6.07, 6.45) is 1.19. The topological polar surface area (TPSA) is 12.0 Å². The lowest BCUT2D eigenvalue weighted by Crippen LogP contribution is -2.15. The molecule has 0 radical (unpaired) electrons. The average Bonchev–Trinajstić information content (AvgIpc) is 2.11. The summed E-state index contributed by atoms with van der Waals surface area (Å²) in [5.41, 5.74) is 4.08. The van der Waals surface area contributed by atoms with Crippen LogP contribution in [0.4, 0.5) is 0 Å². The van der Waals surface area contributed by atoms with Crippen LogP contribution in [-0.2, 0) is 6.54 Å². The number of aryl methyl sites for hydroxylation is 2. The fraction of sp³-hybridized carbons (Fsp3) is 0.500. The number of benzene rings is 1. The summed E-state index contributed by atoms with van der Waals surface area (Å²) in [5.74, 6) is 0. The van der Waals surface area contributed by atoms with E-state index in [0.29, 0.717) is 0 Å². The van der Waals surface area contributed by atoms with Crippen LogP contribution in [0.5, 0.6) is 0 Å². The fourth-order valence-electron chi connectivity index (χ4n) is 1.60.